The van der Waals surface area contributed by atoms with E-state index in [4.69, 9.17) is 0 Å². The van der Waals surface area contributed by atoms with Crippen LogP contribution >= 0.6 is 0 Å². The maximum atomic E-state index is 4.32. The van der Waals surface area contributed by atoms with Crippen molar-refractivity contribution in [2.45, 2.75) is 33.1 Å². The Hall–Kier alpha value is -0.790. The van der Waals surface area contributed by atoms with E-state index < -0.39 is 0 Å². The maximum Gasteiger partial charge on any atom is 0.108 e. The van der Waals surface area contributed by atoms with E-state index >= 15 is 0 Å². The van der Waals surface area contributed by atoms with E-state index in [2.05, 4.69) is 30.4 Å². The zero-order chi connectivity index (χ0) is 8.27. The van der Waals surface area contributed by atoms with Crippen LogP contribution in [0.15, 0.2) is 6.20 Å². The van der Waals surface area contributed by atoms with Gasteiger partial charge in [-0.2, -0.15) is 0 Å². The van der Waals surface area contributed by atoms with Gasteiger partial charge in [0.15, 0.2) is 0 Å². The summed E-state index contributed by atoms with van der Waals surface area (Å²) in [6.07, 6.45) is 5.53. The summed E-state index contributed by atoms with van der Waals surface area (Å²) < 4.78 is 2.16. The molecule has 1 rings (SSSR count). The van der Waals surface area contributed by atoms with Crippen LogP contribution in [0.2, 0.25) is 0 Å². The predicted molar refractivity (Wildman–Crippen MR) is 46.6 cm³/mol. The van der Waals surface area contributed by atoms with Gasteiger partial charge in [-0.1, -0.05) is 13.3 Å². The summed E-state index contributed by atoms with van der Waals surface area (Å²) in [4.78, 5) is 4.32. The molecule has 2 heteroatoms. The lowest BCUT2D eigenvalue weighted by Crippen LogP contribution is -1.98. The molecule has 0 unspecified atom stereocenters. The molecule has 0 aliphatic rings. The van der Waals surface area contributed by atoms with Gasteiger partial charge in [-0.15, -0.1) is 0 Å². The first-order valence-electron chi connectivity index (χ1n) is 4.23. The Bertz CT molecular complexity index is 225. The fourth-order valence-corrected chi connectivity index (χ4v) is 1.11. The van der Waals surface area contributed by atoms with Crippen molar-refractivity contribution in [2.24, 2.45) is 7.05 Å². The van der Waals surface area contributed by atoms with Crippen molar-refractivity contribution in [1.82, 2.24) is 9.55 Å². The third-order valence-electron chi connectivity index (χ3n) is 2.07. The van der Waals surface area contributed by atoms with Crippen molar-refractivity contribution in [3.05, 3.63) is 17.7 Å². The summed E-state index contributed by atoms with van der Waals surface area (Å²) in [6.45, 7) is 4.29. The summed E-state index contributed by atoms with van der Waals surface area (Å²) in [5.74, 6) is 1.21. The average molecular weight is 152 g/mol. The Morgan fingerprint density at radius 3 is 2.73 bits per heavy atom. The van der Waals surface area contributed by atoms with Gasteiger partial charge in [0.05, 0.1) is 0 Å². The lowest BCUT2D eigenvalue weighted by atomic mass is 10.2. The van der Waals surface area contributed by atoms with Crippen LogP contribution in [0.5, 0.6) is 0 Å². The number of imidazole rings is 1. The van der Waals surface area contributed by atoms with E-state index in [1.807, 2.05) is 6.20 Å². The number of unbranched alkanes of at least 4 members (excludes halogenated alkanes) is 1. The van der Waals surface area contributed by atoms with Crippen LogP contribution in [0.25, 0.3) is 0 Å². The van der Waals surface area contributed by atoms with E-state index in [9.17, 15) is 0 Å². The Morgan fingerprint density at radius 1 is 1.55 bits per heavy atom. The third kappa shape index (κ3) is 1.82. The van der Waals surface area contributed by atoms with E-state index in [-0.39, 0.29) is 0 Å². The van der Waals surface area contributed by atoms with Crippen molar-refractivity contribution < 1.29 is 0 Å². The molecule has 0 fully saturated rings. The molecule has 0 amide bonds. The smallest absolute Gasteiger partial charge is 0.108 e. The molecule has 2 nitrogen and oxygen atoms in total. The predicted octanol–water partition coefficient (Wildman–Crippen LogP) is 2.07. The first kappa shape index (κ1) is 8.31. The summed E-state index contributed by atoms with van der Waals surface area (Å²) in [6, 6.07) is 0. The molecular weight excluding hydrogens is 136 g/mol. The van der Waals surface area contributed by atoms with Crippen LogP contribution in [-0.4, -0.2) is 9.55 Å². The topological polar surface area (TPSA) is 17.8 Å². The monoisotopic (exact) mass is 152 g/mol. The first-order valence-corrected chi connectivity index (χ1v) is 4.23. The quantitative estimate of drug-likeness (QED) is 0.648. The van der Waals surface area contributed by atoms with E-state index in [1.165, 1.54) is 24.4 Å². The highest BCUT2D eigenvalue weighted by atomic mass is 15.0. The summed E-state index contributed by atoms with van der Waals surface area (Å²) >= 11 is 0. The number of aromatic nitrogens is 2. The van der Waals surface area contributed by atoms with Crippen LogP contribution in [0.1, 0.15) is 31.3 Å². The van der Waals surface area contributed by atoms with Crippen LogP contribution < -0.4 is 0 Å². The lowest BCUT2D eigenvalue weighted by molar-refractivity contribution is 0.704. The lowest BCUT2D eigenvalue weighted by Gasteiger charge is -2.00. The number of rotatable bonds is 3. The molecule has 0 saturated carbocycles. The maximum absolute atomic E-state index is 4.32. The summed E-state index contributed by atoms with van der Waals surface area (Å²) in [5, 5.41) is 0. The molecule has 0 atom stereocenters. The average Bonchev–Trinajstić information content (AvgIpc) is 2.31. The van der Waals surface area contributed by atoms with Gasteiger partial charge in [0.25, 0.3) is 0 Å². The van der Waals surface area contributed by atoms with Gasteiger partial charge in [0.2, 0.25) is 0 Å². The Labute approximate surface area is 68.3 Å². The summed E-state index contributed by atoms with van der Waals surface area (Å²) in [7, 11) is 2.08. The van der Waals surface area contributed by atoms with Crippen LogP contribution in [0.4, 0.5) is 0 Å². The minimum atomic E-state index is 1.11. The van der Waals surface area contributed by atoms with E-state index in [0.717, 1.165) is 6.42 Å². The molecule has 0 bridgehead atoms. The van der Waals surface area contributed by atoms with Crippen molar-refractivity contribution in [2.75, 3.05) is 0 Å². The zero-order valence-electron chi connectivity index (χ0n) is 7.59. The number of hydrogen-bond acceptors (Lipinski definition) is 1. The van der Waals surface area contributed by atoms with Gasteiger partial charge in [-0.3, -0.25) is 0 Å². The van der Waals surface area contributed by atoms with Crippen molar-refractivity contribution in [3.8, 4) is 0 Å². The Balaban J connectivity index is 2.63. The Kier molecular flexibility index (Phi) is 2.69. The first-order chi connectivity index (χ1) is 5.25. The van der Waals surface area contributed by atoms with Crippen LogP contribution in [-0.2, 0) is 13.5 Å². The van der Waals surface area contributed by atoms with E-state index in [0.29, 0.717) is 0 Å². The fourth-order valence-electron chi connectivity index (χ4n) is 1.11. The molecule has 0 aliphatic heterocycles. The van der Waals surface area contributed by atoms with Gasteiger partial charge >= 0.3 is 0 Å². The fraction of sp³-hybridized carbons (Fsp3) is 0.667. The minimum Gasteiger partial charge on any atom is -0.335 e. The molecule has 0 aromatic carbocycles. The highest BCUT2D eigenvalue weighted by molar-refractivity contribution is 5.02. The second-order valence-electron chi connectivity index (χ2n) is 2.98. The third-order valence-corrected chi connectivity index (χ3v) is 2.07. The van der Waals surface area contributed by atoms with Gasteiger partial charge in [0.1, 0.15) is 5.82 Å². The molecule has 11 heavy (non-hydrogen) atoms. The molecule has 0 aliphatic carbocycles. The highest BCUT2D eigenvalue weighted by Crippen LogP contribution is 2.04. The largest absolute Gasteiger partial charge is 0.335 e. The number of hydrogen-bond donors (Lipinski definition) is 0. The number of nitrogens with zero attached hydrogens (tertiary/aromatic N) is 2. The SMILES string of the molecule is CCCCc1ncc(C)n1C. The minimum absolute atomic E-state index is 1.11. The van der Waals surface area contributed by atoms with E-state index in [1.54, 1.807) is 0 Å². The van der Waals surface area contributed by atoms with Gasteiger partial charge in [-0.25, -0.2) is 4.98 Å². The molecular formula is C9H16N2. The van der Waals surface area contributed by atoms with Crippen LogP contribution in [0.3, 0.4) is 0 Å². The molecule has 1 aromatic heterocycles. The molecule has 1 aromatic rings. The molecule has 0 radical (unpaired) electrons. The standard InChI is InChI=1S/C9H16N2/c1-4-5-6-9-10-7-8(2)11(9)3/h7H,4-6H2,1-3H3. The number of aryl methyl sites for hydroxylation is 2. The highest BCUT2D eigenvalue weighted by Gasteiger charge is 2.00. The van der Waals surface area contributed by atoms with Crippen molar-refractivity contribution in [1.29, 1.82) is 0 Å². The normalized spacial score (nSPS) is 10.5. The second kappa shape index (κ2) is 3.56. The van der Waals surface area contributed by atoms with Crippen molar-refractivity contribution >= 4 is 0 Å². The second-order valence-corrected chi connectivity index (χ2v) is 2.98. The van der Waals surface area contributed by atoms with Gasteiger partial charge < -0.3 is 4.57 Å². The molecule has 0 saturated heterocycles. The molecule has 1 heterocycles. The van der Waals surface area contributed by atoms with Gasteiger partial charge in [-0.05, 0) is 13.3 Å². The zero-order valence-corrected chi connectivity index (χ0v) is 7.59. The summed E-state index contributed by atoms with van der Waals surface area (Å²) in [5.41, 5.74) is 1.25. The molecule has 0 N–H and O–H groups in total. The van der Waals surface area contributed by atoms with Gasteiger partial charge in [0, 0.05) is 25.4 Å². The molecule has 62 valence electrons. The van der Waals surface area contributed by atoms with Crippen molar-refractivity contribution in [3.63, 3.8) is 0 Å². The Morgan fingerprint density at radius 2 is 2.27 bits per heavy atom. The van der Waals surface area contributed by atoms with Crippen LogP contribution in [0, 0.1) is 6.92 Å². The molecule has 0 spiro atoms.